The molecule has 8 heteroatoms. The van der Waals surface area contributed by atoms with Crippen molar-refractivity contribution >= 4 is 51.8 Å². The minimum absolute atomic E-state index is 0.00112. The molecule has 194 valence electrons. The first kappa shape index (κ1) is 26.5. The van der Waals surface area contributed by atoms with Crippen molar-refractivity contribution in [3.05, 3.63) is 63.5 Å². The lowest BCUT2D eigenvalue weighted by Crippen LogP contribution is -2.44. The Kier molecular flexibility index (Phi) is 7.78. The van der Waals surface area contributed by atoms with Crippen molar-refractivity contribution in [2.75, 3.05) is 6.54 Å². The molecule has 2 heterocycles. The van der Waals surface area contributed by atoms with Crippen LogP contribution in [-0.4, -0.2) is 35.5 Å². The number of para-hydroxylation sites is 1. The van der Waals surface area contributed by atoms with E-state index in [1.54, 1.807) is 18.3 Å². The molecular formula is C29H33N3O4S. The fourth-order valence-corrected chi connectivity index (χ4v) is 5.29. The number of allylic oxidation sites excluding steroid dienone is 1. The van der Waals surface area contributed by atoms with Crippen molar-refractivity contribution in [1.29, 1.82) is 0 Å². The topological polar surface area (TPSA) is 97.4 Å². The molecule has 3 amide bonds. The van der Waals surface area contributed by atoms with Crippen LogP contribution in [0.2, 0.25) is 0 Å². The van der Waals surface area contributed by atoms with E-state index in [1.165, 1.54) is 6.92 Å². The zero-order chi connectivity index (χ0) is 26.7. The molecule has 0 spiro atoms. The Morgan fingerprint density at radius 2 is 1.92 bits per heavy atom. The summed E-state index contributed by atoms with van der Waals surface area (Å²) in [5.74, 6) is -1.00. The molecule has 0 saturated heterocycles. The summed E-state index contributed by atoms with van der Waals surface area (Å²) < 4.78 is 5.64. The second-order valence-corrected chi connectivity index (χ2v) is 11.4. The Morgan fingerprint density at radius 3 is 2.59 bits per heavy atom. The minimum Gasteiger partial charge on any atom is -0.449 e. The Hall–Kier alpha value is -3.52. The van der Waals surface area contributed by atoms with Gasteiger partial charge in [-0.2, -0.15) is 0 Å². The van der Waals surface area contributed by atoms with Gasteiger partial charge < -0.3 is 10.1 Å². The highest BCUT2D eigenvalue weighted by molar-refractivity contribution is 7.10. The summed E-state index contributed by atoms with van der Waals surface area (Å²) in [5, 5.41) is 7.44. The second-order valence-electron chi connectivity index (χ2n) is 10.4. The van der Waals surface area contributed by atoms with Crippen LogP contribution in [-0.2, 0) is 16.0 Å². The lowest BCUT2D eigenvalue weighted by Gasteiger charge is -2.36. The molecule has 1 aromatic carbocycles. The normalized spacial score (nSPS) is 17.2. The van der Waals surface area contributed by atoms with Crippen molar-refractivity contribution < 1.29 is 19.1 Å². The average Bonchev–Trinajstić information content (AvgIpc) is 3.35. The van der Waals surface area contributed by atoms with Gasteiger partial charge in [-0.15, -0.1) is 11.3 Å². The van der Waals surface area contributed by atoms with Gasteiger partial charge in [0.1, 0.15) is 0 Å². The van der Waals surface area contributed by atoms with Gasteiger partial charge in [-0.1, -0.05) is 45.0 Å². The van der Waals surface area contributed by atoms with Gasteiger partial charge in [0.2, 0.25) is 0 Å². The minimum atomic E-state index is -1.15. The van der Waals surface area contributed by atoms with E-state index >= 15 is 0 Å². The third-order valence-electron chi connectivity index (χ3n) is 6.73. The predicted molar refractivity (Wildman–Crippen MR) is 147 cm³/mol. The molecule has 2 N–H and O–H groups in total. The first-order valence-electron chi connectivity index (χ1n) is 12.5. The number of thiophene rings is 1. The number of imide groups is 1. The lowest BCUT2D eigenvalue weighted by atomic mass is 9.69. The molecule has 2 aromatic heterocycles. The number of pyridine rings is 1. The van der Waals surface area contributed by atoms with Gasteiger partial charge in [0, 0.05) is 16.8 Å². The Morgan fingerprint density at radius 1 is 1.16 bits per heavy atom. The number of carbonyl (C=O) groups is 3. The maximum atomic E-state index is 13.7. The average molecular weight is 520 g/mol. The molecule has 1 aliphatic carbocycles. The van der Waals surface area contributed by atoms with Gasteiger partial charge >= 0.3 is 12.0 Å². The zero-order valence-electron chi connectivity index (χ0n) is 21.9. The van der Waals surface area contributed by atoms with E-state index in [-0.39, 0.29) is 11.3 Å². The molecule has 0 radical (unpaired) electrons. The van der Waals surface area contributed by atoms with Crippen LogP contribution in [0.4, 0.5) is 4.79 Å². The molecule has 4 rings (SSSR count). The largest absolute Gasteiger partial charge is 0.449 e. The SMILES string of the molecule is CCNC(=O)NC(=O)[C@H](C)OC(=O)c1c2c(nc3ccccc13)/C(=C/c1cccs1)C[C@@H](C(C)(C)C)C2. The summed E-state index contributed by atoms with van der Waals surface area (Å²) in [4.78, 5) is 44.1. The van der Waals surface area contributed by atoms with Crippen LogP contribution in [0.5, 0.6) is 0 Å². The number of nitrogens with one attached hydrogen (secondary N) is 2. The zero-order valence-corrected chi connectivity index (χ0v) is 22.7. The summed E-state index contributed by atoms with van der Waals surface area (Å²) in [6, 6.07) is 11.0. The summed E-state index contributed by atoms with van der Waals surface area (Å²) >= 11 is 1.66. The molecule has 0 unspecified atom stereocenters. The van der Waals surface area contributed by atoms with E-state index in [9.17, 15) is 14.4 Å². The molecule has 0 aliphatic heterocycles. The number of fused-ring (bicyclic) bond motifs is 2. The highest BCUT2D eigenvalue weighted by atomic mass is 32.1. The van der Waals surface area contributed by atoms with Gasteiger partial charge in [-0.05, 0) is 72.7 Å². The van der Waals surface area contributed by atoms with E-state index in [0.717, 1.165) is 28.1 Å². The van der Waals surface area contributed by atoms with Crippen molar-refractivity contribution in [2.24, 2.45) is 11.3 Å². The van der Waals surface area contributed by atoms with Crippen LogP contribution < -0.4 is 10.6 Å². The summed E-state index contributed by atoms with van der Waals surface area (Å²) in [5.41, 5.74) is 3.86. The maximum absolute atomic E-state index is 13.7. The lowest BCUT2D eigenvalue weighted by molar-refractivity contribution is -0.127. The van der Waals surface area contributed by atoms with Crippen molar-refractivity contribution in [2.45, 2.75) is 53.6 Å². The molecule has 37 heavy (non-hydrogen) atoms. The Bertz CT molecular complexity index is 1360. The molecule has 7 nitrogen and oxygen atoms in total. The number of aromatic nitrogens is 1. The fraction of sp³-hybridized carbons (Fsp3) is 0.379. The van der Waals surface area contributed by atoms with Gasteiger partial charge in [-0.3, -0.25) is 10.1 Å². The number of hydrogen-bond acceptors (Lipinski definition) is 6. The van der Waals surface area contributed by atoms with Gasteiger partial charge in [0.15, 0.2) is 6.10 Å². The number of rotatable bonds is 5. The van der Waals surface area contributed by atoms with Crippen LogP contribution in [0.1, 0.15) is 67.5 Å². The molecular weight excluding hydrogens is 486 g/mol. The standard InChI is InChI=1S/C29H33N3O4S/c1-6-30-28(35)32-26(33)17(2)36-27(34)24-21-11-7-8-12-23(21)31-25-18(15-20-10-9-13-37-20)14-19(16-22(24)25)29(3,4)5/h7-13,15,17,19H,6,14,16H2,1-5H3,(H2,30,32,33,35)/b18-15+/t17-,19+/m0/s1. The van der Waals surface area contributed by atoms with Crippen molar-refractivity contribution in [1.82, 2.24) is 15.6 Å². The monoisotopic (exact) mass is 519 g/mol. The number of carbonyl (C=O) groups excluding carboxylic acids is 3. The van der Waals surface area contributed by atoms with Crippen molar-refractivity contribution in [3.63, 3.8) is 0 Å². The number of nitrogens with zero attached hydrogens (tertiary/aromatic N) is 1. The highest BCUT2D eigenvalue weighted by Gasteiger charge is 2.36. The predicted octanol–water partition coefficient (Wildman–Crippen LogP) is 5.84. The van der Waals surface area contributed by atoms with Crippen LogP contribution in [0, 0.1) is 11.3 Å². The number of amides is 3. The third-order valence-corrected chi connectivity index (χ3v) is 7.55. The van der Waals surface area contributed by atoms with Crippen LogP contribution in [0.3, 0.4) is 0 Å². The molecule has 0 fully saturated rings. The molecule has 0 bridgehead atoms. The van der Waals surface area contributed by atoms with Crippen LogP contribution >= 0.6 is 11.3 Å². The van der Waals surface area contributed by atoms with Gasteiger partial charge in [0.25, 0.3) is 5.91 Å². The van der Waals surface area contributed by atoms with Gasteiger partial charge in [-0.25, -0.2) is 14.6 Å². The van der Waals surface area contributed by atoms with Gasteiger partial charge in [0.05, 0.1) is 16.8 Å². The Labute approximate surface area is 221 Å². The number of benzene rings is 1. The van der Waals surface area contributed by atoms with Crippen LogP contribution in [0.15, 0.2) is 41.8 Å². The van der Waals surface area contributed by atoms with E-state index in [1.807, 2.05) is 35.7 Å². The third kappa shape index (κ3) is 5.91. The smallest absolute Gasteiger partial charge is 0.339 e. The summed E-state index contributed by atoms with van der Waals surface area (Å²) in [7, 11) is 0. The number of hydrogen-bond donors (Lipinski definition) is 2. The molecule has 1 aliphatic rings. The number of esters is 1. The number of urea groups is 1. The highest BCUT2D eigenvalue weighted by Crippen LogP contribution is 2.45. The second kappa shape index (κ2) is 10.8. The first-order valence-corrected chi connectivity index (χ1v) is 13.4. The maximum Gasteiger partial charge on any atom is 0.339 e. The van der Waals surface area contributed by atoms with Crippen molar-refractivity contribution in [3.8, 4) is 0 Å². The molecule has 2 atom stereocenters. The van der Waals surface area contributed by atoms with E-state index in [0.29, 0.717) is 29.4 Å². The van der Waals surface area contributed by atoms with E-state index in [4.69, 9.17) is 9.72 Å². The van der Waals surface area contributed by atoms with Crippen LogP contribution in [0.25, 0.3) is 22.6 Å². The fourth-order valence-electron chi connectivity index (χ4n) is 4.61. The Balaban J connectivity index is 1.80. The van der Waals surface area contributed by atoms with E-state index in [2.05, 4.69) is 43.5 Å². The molecule has 0 saturated carbocycles. The molecule has 3 aromatic rings. The number of ether oxygens (including phenoxy) is 1. The summed E-state index contributed by atoms with van der Waals surface area (Å²) in [6.45, 7) is 10.2. The summed E-state index contributed by atoms with van der Waals surface area (Å²) in [6.07, 6.45) is 2.53. The first-order chi connectivity index (χ1) is 17.6. The quantitative estimate of drug-likeness (QED) is 0.413. The van der Waals surface area contributed by atoms with E-state index < -0.39 is 24.0 Å².